The van der Waals surface area contributed by atoms with E-state index in [0.29, 0.717) is 17.4 Å². The highest BCUT2D eigenvalue weighted by Crippen LogP contribution is 2.23. The first kappa shape index (κ1) is 11.3. The molecule has 0 aliphatic carbocycles. The molecule has 0 spiro atoms. The summed E-state index contributed by atoms with van der Waals surface area (Å²) in [5, 5.41) is 9.92. The third kappa shape index (κ3) is 2.47. The maximum absolute atomic E-state index is 5.70. The Hall–Kier alpha value is -2.24. The first-order valence-electron chi connectivity index (χ1n) is 5.26. The molecule has 6 heteroatoms. The van der Waals surface area contributed by atoms with Gasteiger partial charge in [0, 0.05) is 11.8 Å². The molecule has 0 aliphatic rings. The summed E-state index contributed by atoms with van der Waals surface area (Å²) in [7, 11) is 1.54. The molecule has 0 saturated heterocycles. The van der Waals surface area contributed by atoms with Crippen molar-refractivity contribution in [2.45, 2.75) is 13.0 Å². The van der Waals surface area contributed by atoms with Crippen LogP contribution in [-0.2, 0) is 0 Å². The van der Waals surface area contributed by atoms with Gasteiger partial charge in [-0.15, -0.1) is 0 Å². The first-order valence-corrected chi connectivity index (χ1v) is 5.26. The van der Waals surface area contributed by atoms with Crippen molar-refractivity contribution in [2.24, 2.45) is 0 Å². The normalized spacial score (nSPS) is 12.1. The van der Waals surface area contributed by atoms with Gasteiger partial charge in [0.25, 0.3) is 0 Å². The lowest BCUT2D eigenvalue weighted by molar-refractivity contribution is 0.401. The summed E-state index contributed by atoms with van der Waals surface area (Å²) in [6.07, 6.45) is 3.61. The molecule has 4 N–H and O–H groups in total. The maximum atomic E-state index is 5.70. The highest BCUT2D eigenvalue weighted by atomic mass is 16.5. The molecule has 2 heterocycles. The minimum Gasteiger partial charge on any atom is -0.479 e. The van der Waals surface area contributed by atoms with Gasteiger partial charge < -0.3 is 15.8 Å². The van der Waals surface area contributed by atoms with Gasteiger partial charge in [0.05, 0.1) is 25.0 Å². The van der Waals surface area contributed by atoms with Crippen LogP contribution in [0.3, 0.4) is 0 Å². The number of pyridine rings is 1. The van der Waals surface area contributed by atoms with Gasteiger partial charge in [-0.2, -0.15) is 10.1 Å². The number of anilines is 2. The van der Waals surface area contributed by atoms with E-state index in [1.807, 2.05) is 19.2 Å². The van der Waals surface area contributed by atoms with E-state index in [1.165, 1.54) is 0 Å². The Morgan fingerprint density at radius 1 is 1.47 bits per heavy atom. The van der Waals surface area contributed by atoms with Crippen LogP contribution in [0.15, 0.2) is 24.5 Å². The summed E-state index contributed by atoms with van der Waals surface area (Å²) in [5.74, 6) is 1.14. The Bertz CT molecular complexity index is 483. The van der Waals surface area contributed by atoms with Crippen LogP contribution in [0.2, 0.25) is 0 Å². The molecule has 0 aliphatic heterocycles. The van der Waals surface area contributed by atoms with Crippen LogP contribution >= 0.6 is 0 Å². The lowest BCUT2D eigenvalue weighted by atomic mass is 10.2. The largest absolute Gasteiger partial charge is 0.479 e. The van der Waals surface area contributed by atoms with Gasteiger partial charge in [0.15, 0.2) is 0 Å². The molecule has 1 atom stereocenters. The molecule has 0 fully saturated rings. The van der Waals surface area contributed by atoms with E-state index in [-0.39, 0.29) is 6.04 Å². The summed E-state index contributed by atoms with van der Waals surface area (Å²) >= 11 is 0. The second-order valence-electron chi connectivity index (χ2n) is 3.69. The maximum Gasteiger partial charge on any atom is 0.238 e. The van der Waals surface area contributed by atoms with Gasteiger partial charge in [0.2, 0.25) is 5.88 Å². The lowest BCUT2D eigenvalue weighted by Crippen LogP contribution is -2.08. The van der Waals surface area contributed by atoms with Gasteiger partial charge in [0.1, 0.15) is 5.82 Å². The number of aromatic amines is 1. The number of H-pyrrole nitrogens is 1. The van der Waals surface area contributed by atoms with E-state index in [0.717, 1.165) is 5.56 Å². The zero-order valence-corrected chi connectivity index (χ0v) is 9.77. The van der Waals surface area contributed by atoms with Gasteiger partial charge in [-0.05, 0) is 19.1 Å². The molecule has 0 radical (unpaired) electrons. The highest BCUT2D eigenvalue weighted by molar-refractivity contribution is 5.54. The molecule has 6 nitrogen and oxygen atoms in total. The molecular formula is C11H15N5O. The van der Waals surface area contributed by atoms with Crippen LogP contribution < -0.4 is 15.8 Å². The van der Waals surface area contributed by atoms with Crippen molar-refractivity contribution < 1.29 is 4.74 Å². The second kappa shape index (κ2) is 4.73. The average molecular weight is 233 g/mol. The van der Waals surface area contributed by atoms with E-state index in [9.17, 15) is 0 Å². The molecule has 90 valence electrons. The number of methoxy groups -OCH3 is 1. The molecule has 2 aromatic rings. The third-order valence-electron chi connectivity index (χ3n) is 2.47. The first-order chi connectivity index (χ1) is 8.20. The van der Waals surface area contributed by atoms with Crippen LogP contribution in [0.4, 0.5) is 11.5 Å². The minimum atomic E-state index is 0.106. The zero-order valence-electron chi connectivity index (χ0n) is 9.77. The molecule has 2 aromatic heterocycles. The van der Waals surface area contributed by atoms with Crippen molar-refractivity contribution >= 4 is 11.5 Å². The quantitative estimate of drug-likeness (QED) is 0.745. The van der Waals surface area contributed by atoms with Crippen LogP contribution in [-0.4, -0.2) is 22.3 Å². The van der Waals surface area contributed by atoms with E-state index < -0.39 is 0 Å². The fraction of sp³-hybridized carbons (Fsp3) is 0.273. The monoisotopic (exact) mass is 233 g/mol. The van der Waals surface area contributed by atoms with Crippen LogP contribution in [0.25, 0.3) is 0 Å². The van der Waals surface area contributed by atoms with Crippen molar-refractivity contribution in [3.63, 3.8) is 0 Å². The predicted molar refractivity (Wildman–Crippen MR) is 65.8 cm³/mol. The summed E-state index contributed by atoms with van der Waals surface area (Å²) in [6, 6.07) is 3.68. The molecule has 0 saturated carbocycles. The van der Waals surface area contributed by atoms with E-state index in [4.69, 9.17) is 10.5 Å². The number of aromatic nitrogens is 3. The lowest BCUT2D eigenvalue weighted by Gasteiger charge is -2.13. The van der Waals surface area contributed by atoms with Gasteiger partial charge in [-0.3, -0.25) is 5.10 Å². The summed E-state index contributed by atoms with van der Waals surface area (Å²) in [4.78, 5) is 4.25. The van der Waals surface area contributed by atoms with Crippen LogP contribution in [0, 0.1) is 0 Å². The number of nitrogens with two attached hydrogens (primary N) is 1. The van der Waals surface area contributed by atoms with Gasteiger partial charge in [-0.25, -0.2) is 0 Å². The fourth-order valence-electron chi connectivity index (χ4n) is 1.50. The minimum absolute atomic E-state index is 0.106. The number of hydrogen-bond acceptors (Lipinski definition) is 5. The predicted octanol–water partition coefficient (Wildman–Crippen LogP) is 1.57. The Morgan fingerprint density at radius 3 is 2.94 bits per heavy atom. The van der Waals surface area contributed by atoms with Crippen LogP contribution in [0.1, 0.15) is 18.5 Å². The van der Waals surface area contributed by atoms with Gasteiger partial charge in [-0.1, -0.05) is 0 Å². The zero-order chi connectivity index (χ0) is 12.3. The van der Waals surface area contributed by atoms with Crippen LogP contribution in [0.5, 0.6) is 5.88 Å². The summed E-state index contributed by atoms with van der Waals surface area (Å²) in [6.45, 7) is 2.02. The number of nitrogens with one attached hydrogen (secondary N) is 2. The van der Waals surface area contributed by atoms with Gasteiger partial charge >= 0.3 is 0 Å². The Kier molecular flexibility index (Phi) is 3.13. The fourth-order valence-corrected chi connectivity index (χ4v) is 1.50. The smallest absolute Gasteiger partial charge is 0.238 e. The summed E-state index contributed by atoms with van der Waals surface area (Å²) in [5.41, 5.74) is 7.28. The van der Waals surface area contributed by atoms with Crippen molar-refractivity contribution in [1.29, 1.82) is 0 Å². The Morgan fingerprint density at radius 2 is 2.29 bits per heavy atom. The Labute approximate surface area is 99.2 Å². The molecular weight excluding hydrogens is 218 g/mol. The van der Waals surface area contributed by atoms with E-state index in [2.05, 4.69) is 20.5 Å². The number of hydrogen-bond donors (Lipinski definition) is 3. The standard InChI is InChI=1S/C11H15N5O/c1-7(8-5-13-14-6-8)15-10-4-3-9(12)11(16-10)17-2/h3-7H,12H2,1-2H3,(H,13,14)(H,15,16). The molecule has 2 rings (SSSR count). The molecule has 0 amide bonds. The topological polar surface area (TPSA) is 88.8 Å². The summed E-state index contributed by atoms with van der Waals surface area (Å²) < 4.78 is 5.06. The number of nitrogens with zero attached hydrogens (tertiary/aromatic N) is 2. The van der Waals surface area contributed by atoms with E-state index in [1.54, 1.807) is 19.4 Å². The highest BCUT2D eigenvalue weighted by Gasteiger charge is 2.08. The molecule has 1 unspecified atom stereocenters. The SMILES string of the molecule is COc1nc(NC(C)c2cn[nH]c2)ccc1N. The van der Waals surface area contributed by atoms with Crippen molar-refractivity contribution in [3.05, 3.63) is 30.1 Å². The second-order valence-corrected chi connectivity index (χ2v) is 3.69. The van der Waals surface area contributed by atoms with Crippen molar-refractivity contribution in [1.82, 2.24) is 15.2 Å². The molecule has 0 aromatic carbocycles. The Balaban J connectivity index is 2.13. The van der Waals surface area contributed by atoms with Crippen molar-refractivity contribution in [3.8, 4) is 5.88 Å². The van der Waals surface area contributed by atoms with Crippen molar-refractivity contribution in [2.75, 3.05) is 18.2 Å². The number of rotatable bonds is 4. The number of nitrogen functional groups attached to an aromatic ring is 1. The number of ether oxygens (including phenoxy) is 1. The average Bonchev–Trinajstić information content (AvgIpc) is 2.85. The molecule has 0 bridgehead atoms. The molecule has 17 heavy (non-hydrogen) atoms. The third-order valence-corrected chi connectivity index (χ3v) is 2.47. The van der Waals surface area contributed by atoms with E-state index >= 15 is 0 Å².